The smallest absolute Gasteiger partial charge is 0.150 e. The molecule has 1 saturated heterocycles. The molecule has 0 amide bonds. The van der Waals surface area contributed by atoms with Crippen molar-refractivity contribution >= 4 is 11.0 Å². The lowest BCUT2D eigenvalue weighted by Crippen LogP contribution is -2.53. The average molecular weight is 354 g/mol. The summed E-state index contributed by atoms with van der Waals surface area (Å²) in [6.07, 6.45) is 2.95. The molecule has 0 radical (unpaired) electrons. The van der Waals surface area contributed by atoms with Gasteiger partial charge in [-0.2, -0.15) is 0 Å². The van der Waals surface area contributed by atoms with E-state index in [2.05, 4.69) is 29.1 Å². The van der Waals surface area contributed by atoms with Gasteiger partial charge in [-0.1, -0.05) is 19.9 Å². The highest BCUT2D eigenvalue weighted by atomic mass is 19.1. The van der Waals surface area contributed by atoms with Crippen molar-refractivity contribution < 1.29 is 9.50 Å². The number of hydrogen-bond donors (Lipinski definition) is 3. The molecule has 26 heavy (non-hydrogen) atoms. The zero-order chi connectivity index (χ0) is 18.5. The standard InChI is InChI=1S/C20H23FN4O/c1-11-8-22-9-12(2)20(11,26)15-4-5-17(25-13(15)3)14-6-7-23-19-18(14)16(21)10-24-19/h4-7,10-12,22,26H,8-9H2,1-3H3,(H,23,24)/t11-,12+,20?. The molecule has 0 spiro atoms. The SMILES string of the molecule is Cc1nc(-c2ccnc3[nH]cc(F)c23)ccc1C1(O)[C@H](C)CNC[C@@H]1C. The number of fused-ring (bicyclic) bond motifs is 1. The number of nitrogens with zero attached hydrogens (tertiary/aromatic N) is 2. The fourth-order valence-corrected chi connectivity index (χ4v) is 4.21. The number of pyridine rings is 2. The van der Waals surface area contributed by atoms with E-state index in [0.717, 1.165) is 24.3 Å². The Morgan fingerprint density at radius 2 is 1.92 bits per heavy atom. The predicted molar refractivity (Wildman–Crippen MR) is 99.1 cm³/mol. The highest BCUT2D eigenvalue weighted by Crippen LogP contribution is 2.40. The first-order chi connectivity index (χ1) is 12.4. The number of nitrogens with one attached hydrogen (secondary N) is 2. The molecule has 3 N–H and O–H groups in total. The average Bonchev–Trinajstić information content (AvgIpc) is 3.01. The zero-order valence-corrected chi connectivity index (χ0v) is 15.2. The second kappa shape index (κ2) is 6.14. The summed E-state index contributed by atoms with van der Waals surface area (Å²) in [5.74, 6) is -0.189. The number of aliphatic hydroxyl groups is 1. The summed E-state index contributed by atoms with van der Waals surface area (Å²) in [7, 11) is 0. The van der Waals surface area contributed by atoms with Gasteiger partial charge in [0, 0.05) is 54.1 Å². The largest absolute Gasteiger partial charge is 0.384 e. The van der Waals surface area contributed by atoms with Crippen LogP contribution < -0.4 is 5.32 Å². The van der Waals surface area contributed by atoms with Crippen molar-refractivity contribution in [1.82, 2.24) is 20.3 Å². The first-order valence-corrected chi connectivity index (χ1v) is 8.96. The third-order valence-electron chi connectivity index (χ3n) is 5.72. The molecule has 3 aromatic heterocycles. The number of halogens is 1. The lowest BCUT2D eigenvalue weighted by molar-refractivity contribution is -0.0813. The minimum Gasteiger partial charge on any atom is -0.384 e. The number of aryl methyl sites for hydroxylation is 1. The molecular weight excluding hydrogens is 331 g/mol. The highest BCUT2D eigenvalue weighted by molar-refractivity contribution is 5.92. The van der Waals surface area contributed by atoms with E-state index in [-0.39, 0.29) is 17.7 Å². The van der Waals surface area contributed by atoms with E-state index in [1.807, 2.05) is 19.1 Å². The summed E-state index contributed by atoms with van der Waals surface area (Å²) in [5.41, 5.74) is 2.57. The minimum absolute atomic E-state index is 0.0763. The van der Waals surface area contributed by atoms with Crippen LogP contribution >= 0.6 is 0 Å². The van der Waals surface area contributed by atoms with Gasteiger partial charge in [-0.25, -0.2) is 9.37 Å². The van der Waals surface area contributed by atoms with Crippen LogP contribution in [0.1, 0.15) is 25.1 Å². The molecule has 5 nitrogen and oxygen atoms in total. The number of aromatic nitrogens is 3. The van der Waals surface area contributed by atoms with E-state index in [9.17, 15) is 9.50 Å². The summed E-state index contributed by atoms with van der Waals surface area (Å²) >= 11 is 0. The Labute approximate surface area is 151 Å². The van der Waals surface area contributed by atoms with Crippen LogP contribution in [0, 0.1) is 24.6 Å². The molecule has 3 atom stereocenters. The molecular formula is C20H23FN4O. The maximum atomic E-state index is 14.2. The van der Waals surface area contributed by atoms with Gasteiger partial charge in [-0.15, -0.1) is 0 Å². The Balaban J connectivity index is 1.83. The number of piperidine rings is 1. The number of rotatable bonds is 2. The first kappa shape index (κ1) is 17.1. The molecule has 0 saturated carbocycles. The lowest BCUT2D eigenvalue weighted by atomic mass is 9.71. The van der Waals surface area contributed by atoms with Crippen LogP contribution in [0.2, 0.25) is 0 Å². The van der Waals surface area contributed by atoms with Gasteiger partial charge >= 0.3 is 0 Å². The van der Waals surface area contributed by atoms with Gasteiger partial charge in [0.05, 0.1) is 16.7 Å². The number of aromatic amines is 1. The van der Waals surface area contributed by atoms with E-state index < -0.39 is 5.60 Å². The summed E-state index contributed by atoms with van der Waals surface area (Å²) in [4.78, 5) is 11.7. The van der Waals surface area contributed by atoms with Crippen LogP contribution in [0.4, 0.5) is 4.39 Å². The van der Waals surface area contributed by atoms with Crippen molar-refractivity contribution in [2.75, 3.05) is 13.1 Å². The Hall–Kier alpha value is -2.31. The van der Waals surface area contributed by atoms with Crippen LogP contribution in [0.3, 0.4) is 0 Å². The predicted octanol–water partition coefficient (Wildman–Crippen LogP) is 3.14. The Bertz CT molecular complexity index is 958. The monoisotopic (exact) mass is 354 g/mol. The van der Waals surface area contributed by atoms with Gasteiger partial charge in [0.2, 0.25) is 0 Å². The van der Waals surface area contributed by atoms with Crippen molar-refractivity contribution in [3.63, 3.8) is 0 Å². The van der Waals surface area contributed by atoms with Gasteiger partial charge in [0.15, 0.2) is 5.82 Å². The second-order valence-corrected chi connectivity index (χ2v) is 7.33. The van der Waals surface area contributed by atoms with Crippen molar-refractivity contribution in [1.29, 1.82) is 0 Å². The maximum Gasteiger partial charge on any atom is 0.150 e. The van der Waals surface area contributed by atoms with E-state index in [4.69, 9.17) is 4.98 Å². The molecule has 1 fully saturated rings. The molecule has 1 aliphatic rings. The molecule has 6 heteroatoms. The van der Waals surface area contributed by atoms with E-state index in [0.29, 0.717) is 22.3 Å². The lowest BCUT2D eigenvalue weighted by Gasteiger charge is -2.44. The van der Waals surface area contributed by atoms with Gasteiger partial charge in [0.1, 0.15) is 5.65 Å². The van der Waals surface area contributed by atoms with Crippen LogP contribution in [0.5, 0.6) is 0 Å². The molecule has 1 unspecified atom stereocenters. The molecule has 136 valence electrons. The number of hydrogen-bond acceptors (Lipinski definition) is 4. The normalized spacial score (nSPS) is 26.3. The van der Waals surface area contributed by atoms with Crippen LogP contribution in [0.15, 0.2) is 30.6 Å². The van der Waals surface area contributed by atoms with Gasteiger partial charge in [0.25, 0.3) is 0 Å². The van der Waals surface area contributed by atoms with Crippen molar-refractivity contribution in [2.24, 2.45) is 11.8 Å². The Kier molecular flexibility index (Phi) is 4.04. The maximum absolute atomic E-state index is 14.2. The third kappa shape index (κ3) is 2.44. The summed E-state index contributed by atoms with van der Waals surface area (Å²) in [5, 5.41) is 15.2. The number of H-pyrrole nitrogens is 1. The van der Waals surface area contributed by atoms with E-state index >= 15 is 0 Å². The molecule has 3 aromatic rings. The summed E-state index contributed by atoms with van der Waals surface area (Å²) in [6, 6.07) is 5.57. The quantitative estimate of drug-likeness (QED) is 0.661. The highest BCUT2D eigenvalue weighted by Gasteiger charge is 2.44. The van der Waals surface area contributed by atoms with E-state index in [1.165, 1.54) is 6.20 Å². The summed E-state index contributed by atoms with van der Waals surface area (Å²) < 4.78 is 14.2. The van der Waals surface area contributed by atoms with Crippen LogP contribution in [0.25, 0.3) is 22.3 Å². The van der Waals surface area contributed by atoms with Gasteiger partial charge in [-0.3, -0.25) is 4.98 Å². The van der Waals surface area contributed by atoms with Crippen molar-refractivity contribution in [3.8, 4) is 11.3 Å². The van der Waals surface area contributed by atoms with E-state index in [1.54, 1.807) is 12.3 Å². The topological polar surface area (TPSA) is 73.8 Å². The molecule has 0 bridgehead atoms. The third-order valence-corrected chi connectivity index (χ3v) is 5.72. The first-order valence-electron chi connectivity index (χ1n) is 8.96. The fourth-order valence-electron chi connectivity index (χ4n) is 4.21. The molecule has 4 heterocycles. The Morgan fingerprint density at radius 1 is 1.19 bits per heavy atom. The zero-order valence-electron chi connectivity index (χ0n) is 15.2. The fraction of sp³-hybridized carbons (Fsp3) is 0.400. The van der Waals surface area contributed by atoms with Crippen molar-refractivity contribution in [3.05, 3.63) is 47.7 Å². The minimum atomic E-state index is -0.923. The molecule has 4 rings (SSSR count). The van der Waals surface area contributed by atoms with Crippen LogP contribution in [-0.2, 0) is 5.60 Å². The molecule has 0 aliphatic carbocycles. The van der Waals surface area contributed by atoms with Gasteiger partial charge in [-0.05, 0) is 19.1 Å². The molecule has 1 aliphatic heterocycles. The second-order valence-electron chi connectivity index (χ2n) is 7.33. The van der Waals surface area contributed by atoms with Crippen molar-refractivity contribution in [2.45, 2.75) is 26.4 Å². The Morgan fingerprint density at radius 3 is 2.62 bits per heavy atom. The van der Waals surface area contributed by atoms with Crippen LogP contribution in [-0.4, -0.2) is 33.1 Å². The molecule has 0 aromatic carbocycles. The van der Waals surface area contributed by atoms with Gasteiger partial charge < -0.3 is 15.4 Å². The summed E-state index contributed by atoms with van der Waals surface area (Å²) in [6.45, 7) is 7.54.